The third kappa shape index (κ3) is 1.97. The van der Waals surface area contributed by atoms with Crippen LogP contribution in [0.1, 0.15) is 33.1 Å². The van der Waals surface area contributed by atoms with E-state index in [2.05, 4.69) is 77.3 Å². The van der Waals surface area contributed by atoms with Crippen molar-refractivity contribution >= 4 is 45.2 Å². The smallest absolute Gasteiger partial charge is 0.00900 e. The van der Waals surface area contributed by atoms with Gasteiger partial charge in [0.2, 0.25) is 0 Å². The third-order valence-corrected chi connectivity index (χ3v) is 6.54. The van der Waals surface area contributed by atoms with E-state index in [1.165, 1.54) is 22.8 Å². The fraction of sp³-hybridized carbons (Fsp3) is 0.600. The van der Waals surface area contributed by atoms with Crippen LogP contribution in [-0.2, 0) is 0 Å². The summed E-state index contributed by atoms with van der Waals surface area (Å²) >= 11 is 5.01. The van der Waals surface area contributed by atoms with Gasteiger partial charge in [0, 0.05) is 3.58 Å². The van der Waals surface area contributed by atoms with Gasteiger partial charge < -0.3 is 0 Å². The van der Waals surface area contributed by atoms with Gasteiger partial charge in [0.05, 0.1) is 0 Å². The molecule has 0 aromatic carbocycles. The lowest BCUT2D eigenvalue weighted by atomic mass is 9.74. The van der Waals surface area contributed by atoms with Crippen LogP contribution in [0, 0.1) is 23.2 Å². The lowest BCUT2D eigenvalue weighted by Crippen LogP contribution is -2.23. The quantitative estimate of drug-likeness (QED) is 0.418. The first-order valence-corrected chi connectivity index (χ1v) is 8.60. The topological polar surface area (TPSA) is 0 Å². The molecule has 3 aliphatic carbocycles. The van der Waals surface area contributed by atoms with E-state index in [1.54, 1.807) is 9.15 Å². The second-order valence-corrected chi connectivity index (χ2v) is 8.73. The first-order chi connectivity index (χ1) is 8.00. The molecule has 1 saturated carbocycles. The Morgan fingerprint density at radius 1 is 1.29 bits per heavy atom. The molecule has 0 aromatic heterocycles. The minimum Gasteiger partial charge on any atom is -0.0710 e. The molecule has 0 saturated heterocycles. The van der Waals surface area contributed by atoms with Crippen LogP contribution >= 0.6 is 45.2 Å². The number of allylic oxidation sites excluding steroid dienone is 6. The van der Waals surface area contributed by atoms with Gasteiger partial charge in [-0.05, 0) is 97.3 Å². The lowest BCUT2D eigenvalue weighted by molar-refractivity contribution is 0.259. The van der Waals surface area contributed by atoms with Crippen molar-refractivity contribution in [1.29, 1.82) is 0 Å². The van der Waals surface area contributed by atoms with Crippen LogP contribution in [0.15, 0.2) is 31.0 Å². The highest BCUT2D eigenvalue weighted by molar-refractivity contribution is 14.1. The largest absolute Gasteiger partial charge is 0.0710 e. The summed E-state index contributed by atoms with van der Waals surface area (Å²) in [6, 6.07) is 0. The Morgan fingerprint density at radius 2 is 2.06 bits per heavy atom. The second-order valence-electron chi connectivity index (χ2n) is 6.09. The molecule has 0 heterocycles. The Morgan fingerprint density at radius 3 is 2.82 bits per heavy atom. The molecule has 0 amide bonds. The molecule has 0 nitrogen and oxygen atoms in total. The van der Waals surface area contributed by atoms with Crippen LogP contribution in [0.5, 0.6) is 0 Å². The zero-order valence-electron chi connectivity index (χ0n) is 10.3. The first-order valence-electron chi connectivity index (χ1n) is 6.44. The summed E-state index contributed by atoms with van der Waals surface area (Å²) in [5.41, 5.74) is 2.10. The van der Waals surface area contributed by atoms with E-state index in [-0.39, 0.29) is 0 Å². The molecular formula is C15H18I2. The van der Waals surface area contributed by atoms with Crippen LogP contribution in [0.3, 0.4) is 0 Å². The number of rotatable bonds is 0. The Balaban J connectivity index is 2.06. The predicted molar refractivity (Wildman–Crippen MR) is 90.4 cm³/mol. The summed E-state index contributed by atoms with van der Waals surface area (Å²) < 4.78 is 3.03. The zero-order chi connectivity index (χ0) is 12.2. The summed E-state index contributed by atoms with van der Waals surface area (Å²) in [7, 11) is 0. The van der Waals surface area contributed by atoms with Crippen molar-refractivity contribution in [2.75, 3.05) is 0 Å². The van der Waals surface area contributed by atoms with E-state index >= 15 is 0 Å². The maximum Gasteiger partial charge on any atom is 0.00900 e. The molecule has 1 fully saturated rings. The highest BCUT2D eigenvalue weighted by Gasteiger charge is 2.51. The highest BCUT2D eigenvalue weighted by Crippen LogP contribution is 2.60. The molecule has 3 atom stereocenters. The van der Waals surface area contributed by atoms with Crippen LogP contribution in [0.2, 0.25) is 0 Å². The maximum atomic E-state index is 2.57. The van der Waals surface area contributed by atoms with Crippen molar-refractivity contribution < 1.29 is 0 Å². The third-order valence-electron chi connectivity index (χ3n) is 4.89. The van der Waals surface area contributed by atoms with Gasteiger partial charge in [0.15, 0.2) is 0 Å². The zero-order valence-corrected chi connectivity index (χ0v) is 14.7. The minimum absolute atomic E-state index is 0.372. The Kier molecular flexibility index (Phi) is 3.26. The van der Waals surface area contributed by atoms with Crippen LogP contribution < -0.4 is 0 Å². The summed E-state index contributed by atoms with van der Waals surface area (Å²) in [6.45, 7) is 4.91. The fourth-order valence-corrected chi connectivity index (χ4v) is 5.31. The first kappa shape index (κ1) is 12.7. The molecule has 17 heavy (non-hydrogen) atoms. The Hall–Kier alpha value is 0.680. The molecule has 92 valence electrons. The monoisotopic (exact) mass is 452 g/mol. The lowest BCUT2D eigenvalue weighted by Gasteiger charge is -2.32. The van der Waals surface area contributed by atoms with E-state index in [4.69, 9.17) is 0 Å². The van der Waals surface area contributed by atoms with Crippen molar-refractivity contribution in [3.8, 4) is 0 Å². The number of hydrogen-bond acceptors (Lipinski definition) is 0. The Bertz CT molecular complexity index is 440. The van der Waals surface area contributed by atoms with Gasteiger partial charge in [0.1, 0.15) is 0 Å². The molecular weight excluding hydrogens is 434 g/mol. The van der Waals surface area contributed by atoms with Crippen LogP contribution in [0.25, 0.3) is 0 Å². The van der Waals surface area contributed by atoms with Gasteiger partial charge in [-0.2, -0.15) is 0 Å². The van der Waals surface area contributed by atoms with E-state index in [0.29, 0.717) is 5.41 Å². The molecule has 2 heteroatoms. The van der Waals surface area contributed by atoms with Crippen molar-refractivity contribution in [1.82, 2.24) is 0 Å². The predicted octanol–water partition coefficient (Wildman–Crippen LogP) is 5.64. The Labute approximate surface area is 131 Å². The van der Waals surface area contributed by atoms with E-state index in [9.17, 15) is 0 Å². The number of halogens is 2. The second kappa shape index (κ2) is 4.36. The molecule has 2 unspecified atom stereocenters. The molecule has 3 aliphatic rings. The van der Waals surface area contributed by atoms with Crippen molar-refractivity contribution in [3.63, 3.8) is 0 Å². The minimum atomic E-state index is 0.372. The van der Waals surface area contributed by atoms with Crippen molar-refractivity contribution in [2.24, 2.45) is 23.2 Å². The summed E-state index contributed by atoms with van der Waals surface area (Å²) in [6.07, 6.45) is 11.4. The number of fused-ring (bicyclic) bond motifs is 3. The average Bonchev–Trinajstić information content (AvgIpc) is 2.49. The summed E-state index contributed by atoms with van der Waals surface area (Å²) in [5, 5.41) is 0. The summed E-state index contributed by atoms with van der Waals surface area (Å²) in [5.74, 6) is 2.50. The van der Waals surface area contributed by atoms with Gasteiger partial charge in [-0.25, -0.2) is 0 Å². The molecule has 0 aromatic rings. The van der Waals surface area contributed by atoms with E-state index in [1.807, 2.05) is 0 Å². The molecule has 0 bridgehead atoms. The molecule has 0 spiro atoms. The van der Waals surface area contributed by atoms with Gasteiger partial charge in [-0.15, -0.1) is 0 Å². The van der Waals surface area contributed by atoms with Gasteiger partial charge in [-0.3, -0.25) is 0 Å². The SMILES string of the molecule is CC1(C)C2=CC(I)=CCC2C2CCC(I)=C[C@@H]21. The maximum absolute atomic E-state index is 2.57. The van der Waals surface area contributed by atoms with Gasteiger partial charge in [-0.1, -0.05) is 31.6 Å². The molecule has 0 aliphatic heterocycles. The molecule has 0 radical (unpaired) electrons. The highest BCUT2D eigenvalue weighted by atomic mass is 127. The van der Waals surface area contributed by atoms with Crippen molar-refractivity contribution in [2.45, 2.75) is 33.1 Å². The number of hydrogen-bond donors (Lipinski definition) is 0. The fourth-order valence-electron chi connectivity index (χ4n) is 4.02. The average molecular weight is 452 g/mol. The van der Waals surface area contributed by atoms with Crippen LogP contribution in [-0.4, -0.2) is 0 Å². The van der Waals surface area contributed by atoms with Gasteiger partial charge >= 0.3 is 0 Å². The summed E-state index contributed by atoms with van der Waals surface area (Å²) in [4.78, 5) is 0. The van der Waals surface area contributed by atoms with E-state index in [0.717, 1.165) is 17.8 Å². The molecule has 0 N–H and O–H groups in total. The standard InChI is InChI=1S/C15H18I2/c1-15(2)13-7-9(16)3-5-11(13)12-6-4-10(17)8-14(12)15/h3,7-8,11-12,14H,4-6H2,1-2H3/t11?,12?,14-/m0/s1. The van der Waals surface area contributed by atoms with Crippen molar-refractivity contribution in [3.05, 3.63) is 31.0 Å². The normalized spacial score (nSPS) is 38.8. The van der Waals surface area contributed by atoms with Crippen LogP contribution in [0.4, 0.5) is 0 Å². The molecule has 3 rings (SSSR count). The van der Waals surface area contributed by atoms with E-state index < -0.39 is 0 Å². The van der Waals surface area contributed by atoms with Gasteiger partial charge in [0.25, 0.3) is 0 Å².